The Morgan fingerprint density at radius 2 is 1.70 bits per heavy atom. The molecule has 2 aromatic carbocycles. The molecular formula is C24H23NO7S. The molecule has 3 aromatic rings. The molecule has 8 nitrogen and oxygen atoms in total. The van der Waals surface area contributed by atoms with Gasteiger partial charge in [-0.05, 0) is 42.3 Å². The highest BCUT2D eigenvalue weighted by molar-refractivity contribution is 7.17. The van der Waals surface area contributed by atoms with Gasteiger partial charge in [0.2, 0.25) is 6.79 Å². The van der Waals surface area contributed by atoms with Gasteiger partial charge in [0.15, 0.2) is 11.5 Å². The minimum atomic E-state index is -0.525. The Morgan fingerprint density at radius 1 is 1.00 bits per heavy atom. The van der Waals surface area contributed by atoms with Gasteiger partial charge in [-0.15, -0.1) is 11.3 Å². The van der Waals surface area contributed by atoms with E-state index >= 15 is 0 Å². The van der Waals surface area contributed by atoms with Crippen LogP contribution < -0.4 is 24.3 Å². The molecule has 172 valence electrons. The normalized spacial score (nSPS) is 11.8. The summed E-state index contributed by atoms with van der Waals surface area (Å²) < 4.78 is 26.5. The standard InChI is InChI=1S/C24H23NO7S/c1-13-19(11-14-8-9-15-18(10-14)32-12-31-15)33-23(20(13)24(27)30-4)25-22(26)21-16(28-2)6-5-7-17(21)29-3/h5-10H,11-12H2,1-4H3,(H,25,26). The van der Waals surface area contributed by atoms with Crippen molar-refractivity contribution in [3.63, 3.8) is 0 Å². The summed E-state index contributed by atoms with van der Waals surface area (Å²) in [5.41, 5.74) is 2.29. The number of carbonyl (C=O) groups is 2. The van der Waals surface area contributed by atoms with E-state index in [0.29, 0.717) is 40.0 Å². The molecule has 0 fully saturated rings. The molecule has 0 unspecified atom stereocenters. The Hall–Kier alpha value is -3.72. The third-order valence-corrected chi connectivity index (χ3v) is 6.53. The molecule has 1 aromatic heterocycles. The van der Waals surface area contributed by atoms with E-state index in [4.69, 9.17) is 23.7 Å². The first-order valence-electron chi connectivity index (χ1n) is 10.1. The van der Waals surface area contributed by atoms with Crippen molar-refractivity contribution in [1.29, 1.82) is 0 Å². The van der Waals surface area contributed by atoms with Gasteiger partial charge < -0.3 is 29.0 Å². The zero-order valence-electron chi connectivity index (χ0n) is 18.6. The third-order valence-electron chi connectivity index (χ3n) is 5.32. The lowest BCUT2D eigenvalue weighted by molar-refractivity contribution is 0.0601. The van der Waals surface area contributed by atoms with Crippen LogP contribution in [0.1, 0.15) is 36.7 Å². The van der Waals surface area contributed by atoms with E-state index in [2.05, 4.69) is 5.32 Å². The van der Waals surface area contributed by atoms with Gasteiger partial charge >= 0.3 is 5.97 Å². The topological polar surface area (TPSA) is 92.3 Å². The van der Waals surface area contributed by atoms with Crippen LogP contribution in [0.15, 0.2) is 36.4 Å². The first kappa shape index (κ1) is 22.5. The Bertz CT molecular complexity index is 1200. The van der Waals surface area contributed by atoms with Gasteiger partial charge in [0.1, 0.15) is 22.1 Å². The van der Waals surface area contributed by atoms with Gasteiger partial charge in [0.05, 0.1) is 26.9 Å². The van der Waals surface area contributed by atoms with Gasteiger partial charge in [0, 0.05) is 11.3 Å². The fraction of sp³-hybridized carbons (Fsp3) is 0.250. The third kappa shape index (κ3) is 4.31. The number of anilines is 1. The summed E-state index contributed by atoms with van der Waals surface area (Å²) in [5.74, 6) is 1.14. The highest BCUT2D eigenvalue weighted by Crippen LogP contribution is 2.38. The molecule has 0 atom stereocenters. The van der Waals surface area contributed by atoms with E-state index in [-0.39, 0.29) is 12.4 Å². The van der Waals surface area contributed by atoms with Crippen LogP contribution >= 0.6 is 11.3 Å². The number of carbonyl (C=O) groups excluding carboxylic acids is 2. The largest absolute Gasteiger partial charge is 0.496 e. The lowest BCUT2D eigenvalue weighted by Crippen LogP contribution is -2.16. The zero-order chi connectivity index (χ0) is 23.5. The van der Waals surface area contributed by atoms with Crippen molar-refractivity contribution in [3.05, 3.63) is 63.5 Å². The monoisotopic (exact) mass is 469 g/mol. The van der Waals surface area contributed by atoms with Crippen LogP contribution in [-0.4, -0.2) is 40.0 Å². The van der Waals surface area contributed by atoms with Crippen LogP contribution in [0.2, 0.25) is 0 Å². The van der Waals surface area contributed by atoms with Crippen LogP contribution in [0, 0.1) is 6.92 Å². The maximum Gasteiger partial charge on any atom is 0.341 e. The molecule has 2 heterocycles. The van der Waals surface area contributed by atoms with Gasteiger partial charge in [-0.2, -0.15) is 0 Å². The number of nitrogens with one attached hydrogen (secondary N) is 1. The molecule has 0 saturated carbocycles. The molecule has 9 heteroatoms. The number of fused-ring (bicyclic) bond motifs is 1. The van der Waals surface area contributed by atoms with E-state index in [9.17, 15) is 9.59 Å². The molecule has 1 amide bonds. The lowest BCUT2D eigenvalue weighted by Gasteiger charge is -2.13. The van der Waals surface area contributed by atoms with Crippen molar-refractivity contribution in [2.75, 3.05) is 33.4 Å². The fourth-order valence-corrected chi connectivity index (χ4v) is 4.86. The summed E-state index contributed by atoms with van der Waals surface area (Å²) in [6, 6.07) is 10.8. The van der Waals surface area contributed by atoms with Crippen molar-refractivity contribution in [3.8, 4) is 23.0 Å². The predicted molar refractivity (Wildman–Crippen MR) is 123 cm³/mol. The van der Waals surface area contributed by atoms with Gasteiger partial charge in [-0.25, -0.2) is 4.79 Å². The number of benzene rings is 2. The number of amides is 1. The minimum absolute atomic E-state index is 0.200. The van der Waals surface area contributed by atoms with Gasteiger partial charge in [0.25, 0.3) is 5.91 Å². The molecule has 0 radical (unpaired) electrons. The average Bonchev–Trinajstić information content (AvgIpc) is 3.41. The van der Waals surface area contributed by atoms with E-state index in [0.717, 1.165) is 16.0 Å². The highest BCUT2D eigenvalue weighted by atomic mass is 32.1. The summed E-state index contributed by atoms with van der Waals surface area (Å²) in [4.78, 5) is 26.7. The van der Waals surface area contributed by atoms with Crippen LogP contribution in [0.25, 0.3) is 0 Å². The molecule has 33 heavy (non-hydrogen) atoms. The number of ether oxygens (including phenoxy) is 5. The Labute approximate surface area is 195 Å². The minimum Gasteiger partial charge on any atom is -0.496 e. The first-order valence-corrected chi connectivity index (χ1v) is 10.9. The van der Waals surface area contributed by atoms with Crippen LogP contribution in [0.4, 0.5) is 5.00 Å². The summed E-state index contributed by atoms with van der Waals surface area (Å²) in [7, 11) is 4.26. The Balaban J connectivity index is 1.69. The molecular weight excluding hydrogens is 446 g/mol. The van der Waals surface area contributed by atoms with Gasteiger partial charge in [-0.1, -0.05) is 12.1 Å². The highest BCUT2D eigenvalue weighted by Gasteiger charge is 2.26. The number of thiophene rings is 1. The number of esters is 1. The Morgan fingerprint density at radius 3 is 2.36 bits per heavy atom. The summed E-state index contributed by atoms with van der Waals surface area (Å²) in [6.45, 7) is 2.04. The van der Waals surface area contributed by atoms with E-state index < -0.39 is 11.9 Å². The molecule has 0 spiro atoms. The summed E-state index contributed by atoms with van der Waals surface area (Å²) in [6.07, 6.45) is 0.547. The number of rotatable bonds is 7. The molecule has 1 aliphatic heterocycles. The molecule has 0 aliphatic carbocycles. The SMILES string of the molecule is COC(=O)c1c(NC(=O)c2c(OC)cccc2OC)sc(Cc2ccc3c(c2)OCO3)c1C. The van der Waals surface area contributed by atoms with E-state index in [1.807, 2.05) is 25.1 Å². The second-order valence-electron chi connectivity index (χ2n) is 7.20. The maximum atomic E-state index is 13.2. The van der Waals surface area contributed by atoms with Crippen LogP contribution in [0.5, 0.6) is 23.0 Å². The summed E-state index contributed by atoms with van der Waals surface area (Å²) in [5, 5.41) is 3.25. The quantitative estimate of drug-likeness (QED) is 0.512. The smallest absolute Gasteiger partial charge is 0.341 e. The van der Waals surface area contributed by atoms with E-state index in [1.54, 1.807) is 18.2 Å². The van der Waals surface area contributed by atoms with Crippen LogP contribution in [0.3, 0.4) is 0 Å². The lowest BCUT2D eigenvalue weighted by atomic mass is 10.1. The molecule has 4 rings (SSSR count). The molecule has 1 N–H and O–H groups in total. The predicted octanol–water partition coefficient (Wildman–Crippen LogP) is 4.43. The van der Waals surface area contributed by atoms with Crippen molar-refractivity contribution in [1.82, 2.24) is 0 Å². The van der Waals surface area contributed by atoms with Crippen molar-refractivity contribution >= 4 is 28.2 Å². The fourth-order valence-electron chi connectivity index (χ4n) is 3.64. The van der Waals surface area contributed by atoms with Gasteiger partial charge in [-0.3, -0.25) is 4.79 Å². The Kier molecular flexibility index (Phi) is 6.41. The first-order chi connectivity index (χ1) is 16.0. The number of hydrogen-bond acceptors (Lipinski definition) is 8. The van der Waals surface area contributed by atoms with Crippen molar-refractivity contribution in [2.24, 2.45) is 0 Å². The number of methoxy groups -OCH3 is 3. The second kappa shape index (κ2) is 9.41. The second-order valence-corrected chi connectivity index (χ2v) is 8.31. The molecule has 0 bridgehead atoms. The summed E-state index contributed by atoms with van der Waals surface area (Å²) >= 11 is 1.32. The van der Waals surface area contributed by atoms with Crippen molar-refractivity contribution < 1.29 is 33.3 Å². The molecule has 1 aliphatic rings. The van der Waals surface area contributed by atoms with Crippen molar-refractivity contribution in [2.45, 2.75) is 13.3 Å². The van der Waals surface area contributed by atoms with E-state index in [1.165, 1.54) is 32.7 Å². The number of hydrogen-bond donors (Lipinski definition) is 1. The zero-order valence-corrected chi connectivity index (χ0v) is 19.5. The van der Waals surface area contributed by atoms with Crippen LogP contribution in [-0.2, 0) is 11.2 Å². The molecule has 0 saturated heterocycles. The average molecular weight is 470 g/mol. The maximum absolute atomic E-state index is 13.2.